The molecule has 0 bridgehead atoms. The number of hydrogen-bond donors (Lipinski definition) is 9. The number of esters is 2. The first kappa shape index (κ1) is 39.1. The zero-order chi connectivity index (χ0) is 36.7. The Labute approximate surface area is 285 Å². The smallest absolute Gasteiger partial charge is 0.337 e. The summed E-state index contributed by atoms with van der Waals surface area (Å²) < 4.78 is 37.6. The van der Waals surface area contributed by atoms with Crippen molar-refractivity contribution in [3.63, 3.8) is 0 Å². The molecule has 0 saturated carbocycles. The topological polar surface area (TPSA) is 281 Å². The highest BCUT2D eigenvalue weighted by Gasteiger charge is 2.48. The van der Waals surface area contributed by atoms with E-state index in [9.17, 15) is 55.5 Å². The van der Waals surface area contributed by atoms with Gasteiger partial charge in [0, 0.05) is 17.9 Å². The van der Waals surface area contributed by atoms with Gasteiger partial charge < -0.3 is 79.1 Å². The molecule has 0 spiro atoms. The molecule has 2 fully saturated rings. The lowest BCUT2D eigenvalue weighted by Gasteiger charge is -2.43. The van der Waals surface area contributed by atoms with Crippen molar-refractivity contribution in [2.24, 2.45) is 11.8 Å². The van der Waals surface area contributed by atoms with E-state index in [1.54, 1.807) is 0 Å². The minimum atomic E-state index is -1.72. The van der Waals surface area contributed by atoms with Gasteiger partial charge in [-0.3, -0.25) is 0 Å². The van der Waals surface area contributed by atoms with E-state index in [4.69, 9.17) is 33.2 Å². The number of aliphatic hydroxyl groups is 8. The fourth-order valence-corrected chi connectivity index (χ4v) is 5.62. The van der Waals surface area contributed by atoms with E-state index in [2.05, 4.69) is 6.58 Å². The van der Waals surface area contributed by atoms with E-state index in [-0.39, 0.29) is 24.4 Å². The number of ether oxygens (including phenoxy) is 7. The van der Waals surface area contributed by atoms with Gasteiger partial charge in [0.15, 0.2) is 17.8 Å². The van der Waals surface area contributed by atoms with Crippen LogP contribution in [0.4, 0.5) is 0 Å². The maximum atomic E-state index is 12.5. The lowest BCUT2D eigenvalue weighted by Crippen LogP contribution is -2.60. The molecule has 1 aromatic rings. The summed E-state index contributed by atoms with van der Waals surface area (Å²) in [6.45, 7) is 2.22. The van der Waals surface area contributed by atoms with Crippen LogP contribution in [0, 0.1) is 11.8 Å². The minimum absolute atomic E-state index is 0.0415. The normalized spacial score (nSPS) is 35.9. The van der Waals surface area contributed by atoms with E-state index in [0.717, 1.165) is 19.4 Å². The van der Waals surface area contributed by atoms with Crippen molar-refractivity contribution in [3.8, 4) is 11.5 Å². The standard InChI is InChI=1S/C32H42O18/c1-3-15-16(17(29(43)44-2)13-46-30(15)50-32-28(42)26(40)24(38)21(12-34)49-32)8-9-45-22(36)7-5-14-4-6-19(18(35)10-14)47-31-27(41)25(39)23(37)20(11-33)48-31/h3-7,10,13,15-16,20-21,23-28,30-35,37-42H,1,8-9,11-12H2,2H3. The highest BCUT2D eigenvalue weighted by Crippen LogP contribution is 2.37. The molecule has 0 aromatic heterocycles. The number of methoxy groups -OCH3 is 1. The van der Waals surface area contributed by atoms with Gasteiger partial charge in [-0.2, -0.15) is 0 Å². The SMILES string of the molecule is C=CC1C(OC2OC(CO)C(O)C(O)C2O)OC=C(C(=O)OC)C1CCOC(=O)C=Cc1ccc(OC2OC(CO)C(O)C(O)C2O)c(O)c1. The molecule has 0 amide bonds. The van der Waals surface area contributed by atoms with Gasteiger partial charge in [-0.15, -0.1) is 6.58 Å². The molecule has 3 heterocycles. The van der Waals surface area contributed by atoms with Crippen LogP contribution in [0.15, 0.2) is 48.8 Å². The highest BCUT2D eigenvalue weighted by molar-refractivity contribution is 5.89. The van der Waals surface area contributed by atoms with Crippen LogP contribution < -0.4 is 4.74 Å². The second kappa shape index (κ2) is 17.5. The molecule has 18 heteroatoms. The van der Waals surface area contributed by atoms with Gasteiger partial charge in [-0.25, -0.2) is 9.59 Å². The summed E-state index contributed by atoms with van der Waals surface area (Å²) in [4.78, 5) is 25.1. The molecule has 278 valence electrons. The molecule has 50 heavy (non-hydrogen) atoms. The van der Waals surface area contributed by atoms with Crippen LogP contribution in [0.3, 0.4) is 0 Å². The van der Waals surface area contributed by atoms with Crippen LogP contribution in [-0.2, 0) is 38.0 Å². The van der Waals surface area contributed by atoms with Crippen molar-refractivity contribution in [1.29, 1.82) is 0 Å². The number of rotatable bonds is 13. The first-order valence-electron chi connectivity index (χ1n) is 15.5. The summed E-state index contributed by atoms with van der Waals surface area (Å²) in [6.07, 6.45) is -11.8. The Morgan fingerprint density at radius 3 is 2.08 bits per heavy atom. The van der Waals surface area contributed by atoms with Gasteiger partial charge >= 0.3 is 11.9 Å². The van der Waals surface area contributed by atoms with Crippen LogP contribution in [0.2, 0.25) is 0 Å². The van der Waals surface area contributed by atoms with Crippen molar-refractivity contribution in [1.82, 2.24) is 0 Å². The molecule has 4 rings (SSSR count). The Bertz CT molecular complexity index is 1380. The average Bonchev–Trinajstić information content (AvgIpc) is 3.11. The fourth-order valence-electron chi connectivity index (χ4n) is 5.62. The van der Waals surface area contributed by atoms with E-state index < -0.39 is 110 Å². The Hall–Kier alpha value is -3.66. The monoisotopic (exact) mass is 714 g/mol. The number of aromatic hydroxyl groups is 1. The fraction of sp³-hybridized carbons (Fsp3) is 0.562. The van der Waals surface area contributed by atoms with Crippen molar-refractivity contribution < 1.29 is 88.7 Å². The second-order valence-corrected chi connectivity index (χ2v) is 11.7. The Morgan fingerprint density at radius 2 is 1.50 bits per heavy atom. The first-order chi connectivity index (χ1) is 23.8. The quantitative estimate of drug-likeness (QED) is 0.0565. The maximum absolute atomic E-state index is 12.5. The molecule has 18 nitrogen and oxygen atoms in total. The molecule has 3 aliphatic heterocycles. The van der Waals surface area contributed by atoms with Gasteiger partial charge in [0.25, 0.3) is 0 Å². The predicted octanol–water partition coefficient (Wildman–Crippen LogP) is -2.83. The van der Waals surface area contributed by atoms with Gasteiger partial charge in [-0.05, 0) is 30.2 Å². The minimum Gasteiger partial charge on any atom is -0.504 e. The van der Waals surface area contributed by atoms with E-state index in [1.165, 1.54) is 30.4 Å². The van der Waals surface area contributed by atoms with Gasteiger partial charge in [-0.1, -0.05) is 12.1 Å². The average molecular weight is 715 g/mol. The Balaban J connectivity index is 1.36. The Morgan fingerprint density at radius 1 is 0.880 bits per heavy atom. The van der Waals surface area contributed by atoms with Crippen molar-refractivity contribution in [2.75, 3.05) is 26.9 Å². The van der Waals surface area contributed by atoms with Gasteiger partial charge in [0.2, 0.25) is 12.6 Å². The van der Waals surface area contributed by atoms with Gasteiger partial charge in [0.05, 0.1) is 38.8 Å². The third-order valence-corrected chi connectivity index (χ3v) is 8.48. The molecule has 9 N–H and O–H groups in total. The van der Waals surface area contributed by atoms with Gasteiger partial charge in [0.1, 0.15) is 48.8 Å². The van der Waals surface area contributed by atoms with Crippen molar-refractivity contribution in [2.45, 2.75) is 74.1 Å². The van der Waals surface area contributed by atoms with Crippen LogP contribution in [-0.4, -0.2) is 153 Å². The number of phenols is 1. The molecule has 0 radical (unpaired) electrons. The Kier molecular flexibility index (Phi) is 13.7. The molecule has 3 aliphatic rings. The van der Waals surface area contributed by atoms with E-state index in [1.807, 2.05) is 0 Å². The molecule has 0 aliphatic carbocycles. The van der Waals surface area contributed by atoms with E-state index in [0.29, 0.717) is 5.56 Å². The van der Waals surface area contributed by atoms with Crippen LogP contribution >= 0.6 is 0 Å². The number of hydrogen-bond acceptors (Lipinski definition) is 18. The number of carbonyl (C=O) groups is 2. The largest absolute Gasteiger partial charge is 0.504 e. The van der Waals surface area contributed by atoms with Crippen LogP contribution in [0.5, 0.6) is 11.5 Å². The third-order valence-electron chi connectivity index (χ3n) is 8.48. The number of carbonyl (C=O) groups excluding carboxylic acids is 2. The molecule has 2 saturated heterocycles. The number of phenolic OH excluding ortho intramolecular Hbond substituents is 1. The first-order valence-corrected chi connectivity index (χ1v) is 15.5. The molecule has 1 aromatic carbocycles. The molecular formula is C32H42O18. The summed E-state index contributed by atoms with van der Waals surface area (Å²) >= 11 is 0. The zero-order valence-corrected chi connectivity index (χ0v) is 26.8. The third kappa shape index (κ3) is 8.79. The maximum Gasteiger partial charge on any atom is 0.337 e. The van der Waals surface area contributed by atoms with Crippen molar-refractivity contribution in [3.05, 3.63) is 54.3 Å². The lowest BCUT2D eigenvalue weighted by atomic mass is 9.82. The number of benzene rings is 1. The zero-order valence-electron chi connectivity index (χ0n) is 26.8. The molecule has 13 atom stereocenters. The van der Waals surface area contributed by atoms with Crippen LogP contribution in [0.25, 0.3) is 6.08 Å². The summed E-state index contributed by atoms with van der Waals surface area (Å²) in [7, 11) is 1.16. The molecule has 13 unspecified atom stereocenters. The summed E-state index contributed by atoms with van der Waals surface area (Å²) in [6, 6.07) is 3.97. The summed E-state index contributed by atoms with van der Waals surface area (Å²) in [5, 5.41) is 89.8. The molecular weight excluding hydrogens is 672 g/mol. The predicted molar refractivity (Wildman–Crippen MR) is 164 cm³/mol. The second-order valence-electron chi connectivity index (χ2n) is 11.7. The summed E-state index contributed by atoms with van der Waals surface area (Å²) in [5.74, 6) is -3.65. The van der Waals surface area contributed by atoms with E-state index >= 15 is 0 Å². The van der Waals surface area contributed by atoms with Crippen molar-refractivity contribution >= 4 is 18.0 Å². The summed E-state index contributed by atoms with van der Waals surface area (Å²) in [5.41, 5.74) is 0.403. The van der Waals surface area contributed by atoms with Crippen LogP contribution in [0.1, 0.15) is 12.0 Å². The number of aliphatic hydroxyl groups excluding tert-OH is 8. The highest BCUT2D eigenvalue weighted by atomic mass is 16.8. The lowest BCUT2D eigenvalue weighted by molar-refractivity contribution is -0.339.